The summed E-state index contributed by atoms with van der Waals surface area (Å²) in [5, 5.41) is 2.05. The van der Waals surface area contributed by atoms with Crippen LogP contribution in [0.2, 0.25) is 10.0 Å². The third kappa shape index (κ3) is 4.13. The van der Waals surface area contributed by atoms with Crippen molar-refractivity contribution in [2.45, 2.75) is 30.5 Å². The first kappa shape index (κ1) is 23.7. The van der Waals surface area contributed by atoms with Crippen LogP contribution in [0, 0.1) is 12.8 Å². The van der Waals surface area contributed by atoms with Crippen LogP contribution in [0.25, 0.3) is 0 Å². The van der Waals surface area contributed by atoms with E-state index in [0.717, 1.165) is 23.6 Å². The maximum atomic E-state index is 14.3. The van der Waals surface area contributed by atoms with E-state index < -0.39 is 17.2 Å². The molecule has 2 unspecified atom stereocenters. The Morgan fingerprint density at radius 3 is 2.38 bits per heavy atom. The Balaban J connectivity index is 1.67. The van der Waals surface area contributed by atoms with Crippen LogP contribution in [0.4, 0.5) is 13.2 Å². The molecule has 170 valence electrons. The largest absolute Gasteiger partial charge is 0.437 e. The summed E-state index contributed by atoms with van der Waals surface area (Å²) >= 11 is 20.1. The highest BCUT2D eigenvalue weighted by Crippen LogP contribution is 2.51. The molecule has 0 aromatic heterocycles. The number of benzene rings is 2. The molecular weight excluding hydrogens is 506 g/mol. The number of aryl methyl sites for hydroxylation is 1. The number of carbonyl (C=O) groups is 1. The molecule has 2 atom stereocenters. The third-order valence-electron chi connectivity index (χ3n) is 5.60. The van der Waals surface area contributed by atoms with E-state index in [-0.39, 0.29) is 27.1 Å². The van der Waals surface area contributed by atoms with Gasteiger partial charge in [0.15, 0.2) is 5.78 Å². The normalized spacial score (nSPS) is 23.5. The van der Waals surface area contributed by atoms with Crippen molar-refractivity contribution in [1.82, 2.24) is 0 Å². The fourth-order valence-electron chi connectivity index (χ4n) is 3.84. The monoisotopic (exact) mass is 521 g/mol. The maximum Gasteiger partial charge on any atom is 0.437 e. The van der Waals surface area contributed by atoms with Gasteiger partial charge in [0.2, 0.25) is 0 Å². The molecule has 32 heavy (non-hydrogen) atoms. The third-order valence-corrected chi connectivity index (χ3v) is 7.97. The quantitative estimate of drug-likeness (QED) is 0.312. The Morgan fingerprint density at radius 2 is 1.84 bits per heavy atom. The molecule has 2 aliphatic rings. The molecule has 10 heteroatoms. The topological polar surface area (TPSA) is 38.7 Å². The maximum absolute atomic E-state index is 14.3. The van der Waals surface area contributed by atoms with Crippen molar-refractivity contribution in [3.8, 4) is 0 Å². The molecule has 0 amide bonds. The zero-order chi connectivity index (χ0) is 23.3. The van der Waals surface area contributed by atoms with E-state index in [0.29, 0.717) is 29.0 Å². The van der Waals surface area contributed by atoms with Gasteiger partial charge in [-0.1, -0.05) is 40.5 Å². The number of hydrogen-bond donors (Lipinski definition) is 0. The summed E-state index contributed by atoms with van der Waals surface area (Å²) in [5.41, 5.74) is -1.86. The zero-order valence-corrected chi connectivity index (χ0v) is 19.8. The average molecular weight is 523 g/mol. The molecule has 2 heterocycles. The number of carbonyl (C=O) groups excluding carboxylic acids is 1. The number of ketones is 1. The van der Waals surface area contributed by atoms with Crippen molar-refractivity contribution in [1.29, 1.82) is 0 Å². The predicted octanol–water partition coefficient (Wildman–Crippen LogP) is 7.04. The van der Waals surface area contributed by atoms with Crippen LogP contribution in [-0.4, -0.2) is 34.6 Å². The molecule has 0 spiro atoms. The molecule has 3 nitrogen and oxygen atoms in total. The van der Waals surface area contributed by atoms with Crippen molar-refractivity contribution in [2.75, 3.05) is 11.5 Å². The highest BCUT2D eigenvalue weighted by atomic mass is 35.5. The standard InChI is InChI=1S/C22H17Cl3F3NO2S/c1-11-4-13(2-3-17(11)18(30)5-12-9-32-10-12)19-20(25)21(31-29-19,22(26,27)28)14-6-15(23)8-16(24)7-14/h2-4,6-8,12,20H,5,9-10H2,1H3. The van der Waals surface area contributed by atoms with Crippen LogP contribution in [0.15, 0.2) is 41.6 Å². The lowest BCUT2D eigenvalue weighted by atomic mass is 9.85. The van der Waals surface area contributed by atoms with E-state index in [2.05, 4.69) is 5.16 Å². The van der Waals surface area contributed by atoms with Gasteiger partial charge >= 0.3 is 6.18 Å². The number of oxime groups is 1. The smallest absolute Gasteiger partial charge is 0.372 e. The van der Waals surface area contributed by atoms with E-state index in [1.807, 2.05) is 0 Å². The minimum absolute atomic E-state index is 0.0145. The predicted molar refractivity (Wildman–Crippen MR) is 122 cm³/mol. The Hall–Kier alpha value is -1.41. The lowest BCUT2D eigenvalue weighted by molar-refractivity contribution is -0.274. The number of halogens is 6. The number of thioether (sulfide) groups is 1. The molecular formula is C22H17Cl3F3NO2S. The minimum Gasteiger partial charge on any atom is -0.372 e. The number of hydrogen-bond acceptors (Lipinski definition) is 4. The van der Waals surface area contributed by atoms with Crippen molar-refractivity contribution >= 4 is 58.1 Å². The molecule has 2 aliphatic heterocycles. The van der Waals surface area contributed by atoms with Crippen LogP contribution in [0.5, 0.6) is 0 Å². The second-order valence-corrected chi connectivity index (χ2v) is 10.3. The summed E-state index contributed by atoms with van der Waals surface area (Å²) in [7, 11) is 0. The first-order chi connectivity index (χ1) is 15.0. The summed E-state index contributed by atoms with van der Waals surface area (Å²) in [6, 6.07) is 8.30. The zero-order valence-electron chi connectivity index (χ0n) is 16.7. The van der Waals surface area contributed by atoms with Crippen molar-refractivity contribution < 1.29 is 22.8 Å². The van der Waals surface area contributed by atoms with Crippen molar-refractivity contribution in [3.63, 3.8) is 0 Å². The van der Waals surface area contributed by atoms with Gasteiger partial charge in [-0.2, -0.15) is 24.9 Å². The van der Waals surface area contributed by atoms with Crippen molar-refractivity contribution in [3.05, 3.63) is 68.7 Å². The molecule has 2 aromatic carbocycles. The average Bonchev–Trinajstić information content (AvgIpc) is 3.01. The van der Waals surface area contributed by atoms with Gasteiger partial charge in [0.1, 0.15) is 11.1 Å². The molecule has 4 rings (SSSR count). The molecule has 0 bridgehead atoms. The van der Waals surface area contributed by atoms with Gasteiger partial charge in [0.05, 0.1) is 0 Å². The molecule has 1 fully saturated rings. The number of alkyl halides is 4. The lowest BCUT2D eigenvalue weighted by Gasteiger charge is -2.32. The van der Waals surface area contributed by atoms with E-state index in [1.54, 1.807) is 36.9 Å². The highest BCUT2D eigenvalue weighted by Gasteiger charge is 2.68. The van der Waals surface area contributed by atoms with Crippen LogP contribution in [0.3, 0.4) is 0 Å². The van der Waals surface area contributed by atoms with Crippen LogP contribution >= 0.6 is 46.6 Å². The Labute approximate surface area is 202 Å². The van der Waals surface area contributed by atoms with E-state index in [1.165, 1.54) is 6.07 Å². The van der Waals surface area contributed by atoms with E-state index in [9.17, 15) is 18.0 Å². The molecule has 2 aromatic rings. The van der Waals surface area contributed by atoms with Gasteiger partial charge in [-0.25, -0.2) is 0 Å². The van der Waals surface area contributed by atoms with Crippen LogP contribution in [-0.2, 0) is 10.4 Å². The first-order valence-electron chi connectivity index (χ1n) is 9.68. The van der Waals surface area contributed by atoms with E-state index >= 15 is 0 Å². The molecule has 0 aliphatic carbocycles. The molecule has 0 N–H and O–H groups in total. The summed E-state index contributed by atoms with van der Waals surface area (Å²) in [5.74, 6) is 2.34. The fourth-order valence-corrected chi connectivity index (χ4v) is 5.63. The Bertz CT molecular complexity index is 1080. The number of Topliss-reactive ketones (excluding diaryl/α,β-unsaturated/α-hetero) is 1. The van der Waals surface area contributed by atoms with E-state index in [4.69, 9.17) is 39.6 Å². The van der Waals surface area contributed by atoms with Crippen LogP contribution < -0.4 is 0 Å². The Kier molecular flexibility index (Phi) is 6.49. The summed E-state index contributed by atoms with van der Waals surface area (Å²) in [4.78, 5) is 17.6. The second-order valence-electron chi connectivity index (χ2n) is 7.88. The highest BCUT2D eigenvalue weighted by molar-refractivity contribution is 8.00. The number of nitrogens with zero attached hydrogens (tertiary/aromatic N) is 1. The molecule has 0 saturated carbocycles. The fraction of sp³-hybridized carbons (Fsp3) is 0.364. The Morgan fingerprint density at radius 1 is 1.19 bits per heavy atom. The minimum atomic E-state index is -4.91. The van der Waals surface area contributed by atoms with Crippen molar-refractivity contribution in [2.24, 2.45) is 11.1 Å². The summed E-state index contributed by atoms with van der Waals surface area (Å²) < 4.78 is 42.9. The van der Waals surface area contributed by atoms with Crippen LogP contribution in [0.1, 0.15) is 33.5 Å². The van der Waals surface area contributed by atoms with Gasteiger partial charge in [0.25, 0.3) is 5.60 Å². The van der Waals surface area contributed by atoms with Gasteiger partial charge in [-0.05, 0) is 54.2 Å². The van der Waals surface area contributed by atoms with Gasteiger partial charge < -0.3 is 4.84 Å². The number of rotatable bonds is 5. The second kappa shape index (κ2) is 8.75. The van der Waals surface area contributed by atoms with Gasteiger partial charge in [-0.3, -0.25) is 4.79 Å². The SMILES string of the molecule is Cc1cc(C2=NOC(c3cc(Cl)cc(Cl)c3)(C(F)(F)F)C2Cl)ccc1C(=O)CC1CSC1. The molecule has 0 radical (unpaired) electrons. The van der Waals surface area contributed by atoms with Gasteiger partial charge in [0, 0.05) is 33.2 Å². The van der Waals surface area contributed by atoms with Gasteiger partial charge in [-0.15, -0.1) is 11.6 Å². The molecule has 1 saturated heterocycles. The lowest BCUT2D eigenvalue weighted by Crippen LogP contribution is -2.50. The first-order valence-corrected chi connectivity index (χ1v) is 12.0. The summed E-state index contributed by atoms with van der Waals surface area (Å²) in [6.07, 6.45) is -4.45. The summed E-state index contributed by atoms with van der Waals surface area (Å²) in [6.45, 7) is 1.74.